The maximum atomic E-state index is 11.8. The molecule has 0 unspecified atom stereocenters. The molecule has 4 heteroatoms. The van der Waals surface area contributed by atoms with E-state index >= 15 is 0 Å². The lowest BCUT2D eigenvalue weighted by Gasteiger charge is -2.17. The topological polar surface area (TPSA) is 32.3 Å². The van der Waals surface area contributed by atoms with E-state index in [2.05, 4.69) is 12.2 Å². The second-order valence-corrected chi connectivity index (χ2v) is 4.79. The lowest BCUT2D eigenvalue weighted by Crippen LogP contribution is -2.29. The molecular weight excluding hydrogens is 248 g/mol. The number of anilines is 1. The molecule has 0 aliphatic rings. The van der Waals surface area contributed by atoms with E-state index in [1.165, 1.54) is 0 Å². The van der Waals surface area contributed by atoms with Gasteiger partial charge >= 0.3 is 0 Å². The average molecular weight is 269 g/mol. The Bertz CT molecular complexity index is 382. The van der Waals surface area contributed by atoms with Crippen molar-refractivity contribution in [1.29, 1.82) is 0 Å². The van der Waals surface area contributed by atoms with Crippen LogP contribution in [0.3, 0.4) is 0 Å². The normalized spacial score (nSPS) is 10.2. The first-order chi connectivity index (χ1) is 8.63. The number of carbonyl (C=O) groups is 1. The fourth-order valence-corrected chi connectivity index (χ4v) is 1.81. The van der Waals surface area contributed by atoms with E-state index in [1.54, 1.807) is 4.90 Å². The summed E-state index contributed by atoms with van der Waals surface area (Å²) in [6, 6.07) is 7.51. The molecular formula is C14H21ClN2O. The minimum absolute atomic E-state index is 0.179. The van der Waals surface area contributed by atoms with E-state index in [9.17, 15) is 4.79 Å². The lowest BCUT2D eigenvalue weighted by molar-refractivity contribution is -0.129. The van der Waals surface area contributed by atoms with Crippen molar-refractivity contribution < 1.29 is 4.79 Å². The van der Waals surface area contributed by atoms with E-state index < -0.39 is 0 Å². The van der Waals surface area contributed by atoms with Crippen molar-refractivity contribution in [2.45, 2.75) is 26.2 Å². The second kappa shape index (κ2) is 7.98. The van der Waals surface area contributed by atoms with Crippen LogP contribution in [0.2, 0.25) is 5.02 Å². The van der Waals surface area contributed by atoms with E-state index in [0.717, 1.165) is 25.1 Å². The molecule has 1 aromatic carbocycles. The Morgan fingerprint density at radius 2 is 2.22 bits per heavy atom. The molecule has 0 aliphatic carbocycles. The van der Waals surface area contributed by atoms with Gasteiger partial charge in [0.05, 0.1) is 0 Å². The monoisotopic (exact) mass is 268 g/mol. The highest BCUT2D eigenvalue weighted by Crippen LogP contribution is 2.14. The van der Waals surface area contributed by atoms with E-state index in [-0.39, 0.29) is 5.91 Å². The summed E-state index contributed by atoms with van der Waals surface area (Å²) in [5.41, 5.74) is 0.950. The summed E-state index contributed by atoms with van der Waals surface area (Å²) in [5.74, 6) is 0.179. The fraction of sp³-hybridized carbons (Fsp3) is 0.500. The number of halogens is 1. The zero-order valence-electron chi connectivity index (χ0n) is 11.1. The maximum Gasteiger partial charge on any atom is 0.224 e. The van der Waals surface area contributed by atoms with Gasteiger partial charge in [-0.15, -0.1) is 0 Å². The van der Waals surface area contributed by atoms with Gasteiger partial charge < -0.3 is 10.2 Å². The minimum Gasteiger partial charge on any atom is -0.384 e. The molecule has 1 rings (SSSR count). The number of carbonyl (C=O) groups excluding carboxylic acids is 1. The standard InChI is InChI=1S/C14H21ClN2O/c1-3-4-10-17(2)14(18)8-9-16-13-7-5-6-12(15)11-13/h5-7,11,16H,3-4,8-10H2,1-2H3. The Labute approximate surface area is 114 Å². The Morgan fingerprint density at radius 3 is 2.89 bits per heavy atom. The van der Waals surface area contributed by atoms with Gasteiger partial charge in [0.2, 0.25) is 5.91 Å². The third kappa shape index (κ3) is 5.41. The van der Waals surface area contributed by atoms with Gasteiger partial charge in [0.25, 0.3) is 0 Å². The van der Waals surface area contributed by atoms with Crippen LogP contribution in [0.5, 0.6) is 0 Å². The van der Waals surface area contributed by atoms with Crippen molar-refractivity contribution in [3.8, 4) is 0 Å². The van der Waals surface area contributed by atoms with Gasteiger partial charge in [-0.05, 0) is 24.6 Å². The summed E-state index contributed by atoms with van der Waals surface area (Å²) in [5, 5.41) is 3.90. The highest BCUT2D eigenvalue weighted by atomic mass is 35.5. The van der Waals surface area contributed by atoms with Crippen molar-refractivity contribution in [2.75, 3.05) is 25.5 Å². The van der Waals surface area contributed by atoms with Crippen LogP contribution in [-0.4, -0.2) is 30.9 Å². The summed E-state index contributed by atoms with van der Waals surface area (Å²) < 4.78 is 0. The minimum atomic E-state index is 0.179. The predicted molar refractivity (Wildman–Crippen MR) is 77.1 cm³/mol. The van der Waals surface area contributed by atoms with Crippen molar-refractivity contribution in [2.24, 2.45) is 0 Å². The SMILES string of the molecule is CCCCN(C)C(=O)CCNc1cccc(Cl)c1. The summed E-state index contributed by atoms with van der Waals surface area (Å²) in [6.07, 6.45) is 2.68. The van der Waals surface area contributed by atoms with Crippen molar-refractivity contribution in [3.05, 3.63) is 29.3 Å². The van der Waals surface area contributed by atoms with E-state index in [1.807, 2.05) is 31.3 Å². The molecule has 3 nitrogen and oxygen atoms in total. The molecule has 0 spiro atoms. The van der Waals surface area contributed by atoms with Crippen LogP contribution in [-0.2, 0) is 4.79 Å². The molecule has 0 heterocycles. The molecule has 100 valence electrons. The average Bonchev–Trinajstić information content (AvgIpc) is 2.35. The predicted octanol–water partition coefficient (Wildman–Crippen LogP) is 3.40. The molecule has 1 amide bonds. The Morgan fingerprint density at radius 1 is 1.44 bits per heavy atom. The molecule has 1 N–H and O–H groups in total. The van der Waals surface area contributed by atoms with Gasteiger partial charge in [-0.1, -0.05) is 31.0 Å². The van der Waals surface area contributed by atoms with Crippen LogP contribution in [0.25, 0.3) is 0 Å². The molecule has 0 saturated carbocycles. The van der Waals surface area contributed by atoms with Gasteiger partial charge in [-0.2, -0.15) is 0 Å². The highest BCUT2D eigenvalue weighted by molar-refractivity contribution is 6.30. The van der Waals surface area contributed by atoms with Crippen LogP contribution in [0.1, 0.15) is 26.2 Å². The summed E-state index contributed by atoms with van der Waals surface area (Å²) in [4.78, 5) is 13.6. The van der Waals surface area contributed by atoms with Crippen molar-refractivity contribution >= 4 is 23.2 Å². The number of rotatable bonds is 7. The Hall–Kier alpha value is -1.22. The smallest absolute Gasteiger partial charge is 0.224 e. The Kier molecular flexibility index (Phi) is 6.58. The highest BCUT2D eigenvalue weighted by Gasteiger charge is 2.07. The summed E-state index contributed by atoms with van der Waals surface area (Å²) in [7, 11) is 1.86. The zero-order chi connectivity index (χ0) is 13.4. The number of nitrogens with one attached hydrogen (secondary N) is 1. The quantitative estimate of drug-likeness (QED) is 0.822. The number of nitrogens with zero attached hydrogens (tertiary/aromatic N) is 1. The molecule has 0 radical (unpaired) electrons. The van der Waals surface area contributed by atoms with E-state index in [4.69, 9.17) is 11.6 Å². The number of amides is 1. The van der Waals surface area contributed by atoms with Gasteiger partial charge in [-0.25, -0.2) is 0 Å². The number of benzene rings is 1. The number of hydrogen-bond acceptors (Lipinski definition) is 2. The van der Waals surface area contributed by atoms with Crippen molar-refractivity contribution in [3.63, 3.8) is 0 Å². The molecule has 0 bridgehead atoms. The first-order valence-electron chi connectivity index (χ1n) is 6.37. The first kappa shape index (κ1) is 14.8. The van der Waals surface area contributed by atoms with Gasteiger partial charge in [-0.3, -0.25) is 4.79 Å². The first-order valence-corrected chi connectivity index (χ1v) is 6.74. The molecule has 18 heavy (non-hydrogen) atoms. The maximum absolute atomic E-state index is 11.8. The van der Waals surface area contributed by atoms with Crippen LogP contribution in [0.15, 0.2) is 24.3 Å². The third-order valence-electron chi connectivity index (χ3n) is 2.77. The molecule has 0 saturated heterocycles. The van der Waals surface area contributed by atoms with Crippen LogP contribution < -0.4 is 5.32 Å². The van der Waals surface area contributed by atoms with Crippen molar-refractivity contribution in [1.82, 2.24) is 4.90 Å². The third-order valence-corrected chi connectivity index (χ3v) is 3.00. The van der Waals surface area contributed by atoms with Gasteiger partial charge in [0, 0.05) is 37.3 Å². The molecule has 0 aliphatic heterocycles. The molecule has 0 atom stereocenters. The fourth-order valence-electron chi connectivity index (χ4n) is 1.62. The van der Waals surface area contributed by atoms with Crippen LogP contribution >= 0.6 is 11.6 Å². The lowest BCUT2D eigenvalue weighted by atomic mass is 10.3. The Balaban J connectivity index is 2.27. The number of hydrogen-bond donors (Lipinski definition) is 1. The largest absolute Gasteiger partial charge is 0.384 e. The van der Waals surface area contributed by atoms with Gasteiger partial charge in [0.15, 0.2) is 0 Å². The van der Waals surface area contributed by atoms with Crippen LogP contribution in [0, 0.1) is 0 Å². The summed E-state index contributed by atoms with van der Waals surface area (Å²) in [6.45, 7) is 3.60. The van der Waals surface area contributed by atoms with Crippen LogP contribution in [0.4, 0.5) is 5.69 Å². The molecule has 0 aromatic heterocycles. The van der Waals surface area contributed by atoms with Gasteiger partial charge in [0.1, 0.15) is 0 Å². The van der Waals surface area contributed by atoms with E-state index in [0.29, 0.717) is 18.0 Å². The molecule has 0 fully saturated rings. The molecule has 1 aromatic rings. The number of unbranched alkanes of at least 4 members (excludes halogenated alkanes) is 1. The summed E-state index contributed by atoms with van der Waals surface area (Å²) >= 11 is 5.88. The second-order valence-electron chi connectivity index (χ2n) is 4.36. The zero-order valence-corrected chi connectivity index (χ0v) is 11.8.